The molecule has 0 aromatic heterocycles. The highest BCUT2D eigenvalue weighted by Crippen LogP contribution is 2.39. The highest BCUT2D eigenvalue weighted by atomic mass is 16.5. The van der Waals surface area contributed by atoms with Crippen molar-refractivity contribution in [2.24, 2.45) is 0 Å². The molecule has 0 atom stereocenters. The molecule has 0 aliphatic carbocycles. The maximum atomic E-state index is 12.0. The average molecular weight is 1100 g/mol. The Kier molecular flexibility index (Phi) is 37.1. The topological polar surface area (TPSA) is 65.0 Å². The van der Waals surface area contributed by atoms with Gasteiger partial charge in [-0.05, 0) is 142 Å². The fourth-order valence-electron chi connectivity index (χ4n) is 2.97. The molecular weight excluding hydrogens is 957 g/mol. The van der Waals surface area contributed by atoms with Crippen LogP contribution in [0.2, 0.25) is 0 Å². The number of benzene rings is 1. The summed E-state index contributed by atoms with van der Waals surface area (Å²) in [4.78, 5) is 12.0. The number of carboxylic acid groups (broad SMARTS) is 1. The number of ether oxygens (including phenoxy) is 3. The number of terminal acetylenes is 3. The van der Waals surface area contributed by atoms with E-state index in [1.165, 1.54) is 0 Å². The van der Waals surface area contributed by atoms with E-state index in [-0.39, 0.29) is 117 Å². The number of aromatic carboxylic acids is 1. The molecule has 5 heteroatoms. The van der Waals surface area contributed by atoms with Crippen molar-refractivity contribution >= 4 is 5.97 Å². The molecule has 1 aromatic carbocycles. The Morgan fingerprint density at radius 1 is 0.269 bits per heavy atom. The smallest absolute Gasteiger partial charge is 0.335 e. The molecule has 0 bridgehead atoms. The number of hydrogen-bond donors (Lipinski definition) is 1. The van der Waals surface area contributed by atoms with Crippen LogP contribution < -0.4 is 14.2 Å². The second-order valence-corrected chi connectivity index (χ2v) is 10.3. The zero-order chi connectivity index (χ0) is 56.0. The van der Waals surface area contributed by atoms with E-state index in [4.69, 9.17) is 33.5 Å². The summed E-state index contributed by atoms with van der Waals surface area (Å²) in [5.41, 5.74) is -0.310. The first-order valence-electron chi connectivity index (χ1n) is 19.4. The van der Waals surface area contributed by atoms with Gasteiger partial charge in [0.25, 0.3) is 0 Å². The van der Waals surface area contributed by atoms with Gasteiger partial charge in [-0.3, -0.25) is 0 Å². The molecule has 5 nitrogen and oxygen atoms in total. The first kappa shape index (κ1) is 59.6. The second-order valence-electron chi connectivity index (χ2n) is 10.3. The van der Waals surface area contributed by atoms with Crippen molar-refractivity contribution in [2.75, 3.05) is 0 Å². The van der Waals surface area contributed by atoms with Gasteiger partial charge in [0, 0.05) is 319 Å². The van der Waals surface area contributed by atoms with Crippen molar-refractivity contribution < 1.29 is 118 Å². The van der Waals surface area contributed by atoms with Crippen molar-refractivity contribution in [1.29, 1.82) is 0 Å². The van der Waals surface area contributed by atoms with E-state index in [9.17, 15) is 9.90 Å². The van der Waals surface area contributed by atoms with Crippen LogP contribution in [-0.2, 0) is 0 Å². The van der Waals surface area contributed by atoms with Crippen molar-refractivity contribution in [2.45, 2.75) is 0 Å². The Bertz CT molecular complexity index is 4890. The number of carbonyl (C=O) groups is 1. The lowest BCUT2D eigenvalue weighted by Crippen LogP contribution is -2.01. The Balaban J connectivity index is -0.0000000144. The number of rotatable bonds is 4. The van der Waals surface area contributed by atoms with Crippen LogP contribution in [0.4, 0.5) is 0 Å². The molecule has 1 aromatic rings. The van der Waals surface area contributed by atoms with Gasteiger partial charge in [0.15, 0.2) is 11.5 Å². The minimum absolute atomic E-state index is 0. The molecule has 0 aliphatic heterocycles. The third-order valence-electron chi connectivity index (χ3n) is 5.49. The average Bonchev–Trinajstić information content (AvgIpc) is 0.819. The summed E-state index contributed by atoms with van der Waals surface area (Å²) in [5, 5.41) is 9.78. The van der Waals surface area contributed by atoms with Gasteiger partial charge in [-0.2, -0.15) is 0 Å². The molecule has 0 saturated heterocycles. The van der Waals surface area contributed by atoms with Crippen molar-refractivity contribution in [3.63, 3.8) is 0 Å². The normalized spacial score (nSPS) is 4.99. The monoisotopic (exact) mass is 1100 g/mol. The SMILES string of the molecule is C#CC#CC#CC#CC#CC#CC#CC#CC#CC#CC#COc1cc(C(=O)O)cc(OC#CC#CC#CC#CC#CC#CC#CC#CC#CC#CC#C)c1OC#CC#CC#CC#CC#CC#CC#CC#CC#CC#CC#C.[HH].[HH].[HH].[HH].[HH].[HH].[HH].[HH].[HH].[HH].[HH].[HH].[HH].[HH].[HH].[HH].[HH].[HH].[HH].[HH].[HH].[HH].[HH].[HH].[HH].[HH].[HH].[HH].[HH].[HH].[HH].[HH].[HH].[HH].[HH].[HH].[HH].[HH].[HH].[HH].[HH].[HH].[HH].[HH].[HH].[HH].[HH].[HH].[HH].[HH].[HH].[HH].[HH].[HH].[HH].[HH].[HH].[HH].[HH].[HH].[HH].[HH].[HH].[HH].[HH].[HH]. The zero-order valence-corrected chi connectivity index (χ0v) is 39.0. The zero-order valence-electron chi connectivity index (χ0n) is 39.0. The van der Waals surface area contributed by atoms with Crippen molar-refractivity contribution in [3.05, 3.63) is 17.7 Å². The highest BCUT2D eigenvalue weighted by molar-refractivity contribution is 5.89. The van der Waals surface area contributed by atoms with Gasteiger partial charge in [-0.15, -0.1) is 19.3 Å². The van der Waals surface area contributed by atoms with Gasteiger partial charge in [0.05, 0.1) is 5.56 Å². The minimum Gasteiger partial charge on any atom is -0.478 e. The van der Waals surface area contributed by atoms with Crippen molar-refractivity contribution in [1.82, 2.24) is 0 Å². The van der Waals surface area contributed by atoms with Crippen LogP contribution >= 0.6 is 0 Å². The van der Waals surface area contributed by atoms with Crippen LogP contribution in [0.5, 0.6) is 17.2 Å². The quantitative estimate of drug-likeness (QED) is 0.304. The lowest BCUT2D eigenvalue weighted by molar-refractivity contribution is 0.0696. The molecule has 0 spiro atoms. The Labute approximate surface area is 553 Å². The Hall–Kier alpha value is -16.4. The molecule has 1 rings (SSSR count). The van der Waals surface area contributed by atoms with Crippen LogP contribution in [0.25, 0.3) is 0 Å². The fraction of sp³-hybridized carbons (Fsp3) is 0. The predicted octanol–water partition coefficient (Wildman–Crippen LogP) is 17.6. The molecule has 460 valence electrons. The van der Waals surface area contributed by atoms with Crippen LogP contribution in [0.3, 0.4) is 0 Å². The van der Waals surface area contributed by atoms with E-state index in [0.717, 1.165) is 12.1 Å². The van der Waals surface area contributed by atoms with Gasteiger partial charge in [0.1, 0.15) is 18.3 Å². The molecule has 0 amide bonds. The van der Waals surface area contributed by atoms with Gasteiger partial charge in [-0.1, -0.05) is 0 Å². The van der Waals surface area contributed by atoms with Gasteiger partial charge >= 0.3 is 5.97 Å². The van der Waals surface area contributed by atoms with Crippen LogP contribution in [-0.4, -0.2) is 11.1 Å². The standard InChI is InChI=1S/C73H6O5.66H2/c1-4-7-10-13-16-19-22-25-28-31-34-37-40-43-46-49-52-55-58-61-64-76-70-67-69(73(74)75)68-71(77-65-62-59-56-53-50-47-44-41-38-35-32-29-26-23-20-17-14-11-8-5-2)72(70)78-66-63-60-57-54-51-48-45-42-39-36-33-30-27-24-21-18-15-12-9-6-3;;;;;;;;;;;;;;;;;;;;;;;;;;;;;;;;;;;;;;;;;;;;;;;;;;;;;;;;;;;;;;;;;;/h1-3,67-68H,(H,74,75);66*1H. The molecule has 0 radical (unpaired) electrons. The first-order chi connectivity index (χ1) is 38.6. The van der Waals surface area contributed by atoms with Gasteiger partial charge in [-0.25, -0.2) is 4.79 Å². The summed E-state index contributed by atoms with van der Waals surface area (Å²) in [6, 6.07) is 2.17. The number of hydrogen-bond acceptors (Lipinski definition) is 4. The molecule has 0 fully saturated rings. The summed E-state index contributed by atoms with van der Waals surface area (Å²) in [6.07, 6.45) is 21.8. The lowest BCUT2D eigenvalue weighted by atomic mass is 10.2. The van der Waals surface area contributed by atoms with E-state index < -0.39 is 5.97 Å². The maximum absolute atomic E-state index is 12.0. The Morgan fingerprint density at radius 2 is 0.423 bits per heavy atom. The van der Waals surface area contributed by atoms with Gasteiger partial charge in [0.2, 0.25) is 5.75 Å². The first-order valence-corrected chi connectivity index (χ1v) is 19.4. The maximum Gasteiger partial charge on any atom is 0.335 e. The van der Waals surface area contributed by atoms with Crippen LogP contribution in [0, 0.1) is 393 Å². The van der Waals surface area contributed by atoms with Crippen molar-refractivity contribution in [3.8, 4) is 410 Å². The van der Waals surface area contributed by atoms with Crippen LogP contribution in [0.1, 0.15) is 105 Å². The fourth-order valence-corrected chi connectivity index (χ4v) is 2.97. The molecule has 78 heavy (non-hydrogen) atoms. The molecule has 0 unspecified atom stereocenters. The number of carboxylic acids is 1. The lowest BCUT2D eigenvalue weighted by Gasteiger charge is -2.09. The molecule has 0 heterocycles. The predicted molar refractivity (Wildman–Crippen MR) is 435 cm³/mol. The van der Waals surface area contributed by atoms with Gasteiger partial charge < -0.3 is 19.3 Å². The second kappa shape index (κ2) is 48.5. The van der Waals surface area contributed by atoms with E-state index in [1.807, 2.05) is 0 Å². The van der Waals surface area contributed by atoms with Crippen LogP contribution in [0.15, 0.2) is 12.1 Å². The molecular formula is C73H138O5. The largest absolute Gasteiger partial charge is 0.478 e. The molecule has 1 N–H and O–H groups in total. The summed E-state index contributed by atoms with van der Waals surface area (Å²) in [7, 11) is 0. The van der Waals surface area contributed by atoms with E-state index in [0.29, 0.717) is 0 Å². The third kappa shape index (κ3) is 38.8. The molecule has 0 aliphatic rings. The van der Waals surface area contributed by atoms with E-state index in [2.05, 4.69) is 374 Å². The summed E-state index contributed by atoms with van der Waals surface area (Å²) < 4.78 is 16.4. The van der Waals surface area contributed by atoms with E-state index in [1.54, 1.807) is 0 Å². The minimum atomic E-state index is -1.37. The Morgan fingerprint density at radius 3 is 0.590 bits per heavy atom. The summed E-state index contributed by atoms with van der Waals surface area (Å²) in [5.74, 6) is 143. The highest BCUT2D eigenvalue weighted by Gasteiger charge is 2.19. The molecule has 0 saturated carbocycles. The van der Waals surface area contributed by atoms with E-state index >= 15 is 0 Å². The third-order valence-corrected chi connectivity index (χ3v) is 5.49. The summed E-state index contributed by atoms with van der Waals surface area (Å²) in [6.45, 7) is 0. The summed E-state index contributed by atoms with van der Waals surface area (Å²) >= 11 is 0.